The standard InChI is InChI=1S/C21H20N6O3/c28-17(10-11-18-24-19(27-30-18)14-6-2-1-3-7-14)22-12-13-23-20-15-8-4-5-9-16(15)21(29)26-25-20/h1-9H,10-13H2,(H,22,28)(H,23,25)(H,26,29). The van der Waals surface area contributed by atoms with Crippen LogP contribution in [0.1, 0.15) is 12.3 Å². The van der Waals surface area contributed by atoms with Crippen molar-refractivity contribution in [2.75, 3.05) is 18.4 Å². The molecule has 0 saturated heterocycles. The molecular weight excluding hydrogens is 384 g/mol. The number of H-pyrrole nitrogens is 1. The molecule has 0 aliphatic carbocycles. The summed E-state index contributed by atoms with van der Waals surface area (Å²) in [5.41, 5.74) is 0.632. The minimum atomic E-state index is -0.235. The van der Waals surface area contributed by atoms with Gasteiger partial charge in [0.05, 0.1) is 5.39 Å². The van der Waals surface area contributed by atoms with E-state index in [9.17, 15) is 9.59 Å². The lowest BCUT2D eigenvalue weighted by Gasteiger charge is -2.08. The predicted molar refractivity (Wildman–Crippen MR) is 112 cm³/mol. The fraction of sp³-hybridized carbons (Fsp3) is 0.190. The molecule has 0 bridgehead atoms. The molecule has 2 aromatic carbocycles. The van der Waals surface area contributed by atoms with Gasteiger partial charge in [-0.05, 0) is 6.07 Å². The molecule has 9 nitrogen and oxygen atoms in total. The van der Waals surface area contributed by atoms with Gasteiger partial charge in [0.25, 0.3) is 5.56 Å². The Kier molecular flexibility index (Phi) is 5.79. The number of aromatic amines is 1. The van der Waals surface area contributed by atoms with Crippen molar-refractivity contribution in [1.29, 1.82) is 0 Å². The number of aryl methyl sites for hydroxylation is 1. The summed E-state index contributed by atoms with van der Waals surface area (Å²) in [5, 5.41) is 17.7. The zero-order valence-corrected chi connectivity index (χ0v) is 16.1. The van der Waals surface area contributed by atoms with Crippen molar-refractivity contribution in [3.8, 4) is 11.4 Å². The van der Waals surface area contributed by atoms with Crippen molar-refractivity contribution in [1.82, 2.24) is 25.7 Å². The van der Waals surface area contributed by atoms with E-state index < -0.39 is 0 Å². The Balaban J connectivity index is 1.23. The molecule has 3 N–H and O–H groups in total. The molecule has 152 valence electrons. The summed E-state index contributed by atoms with van der Waals surface area (Å²) in [7, 11) is 0. The van der Waals surface area contributed by atoms with Crippen molar-refractivity contribution < 1.29 is 9.32 Å². The third-order valence-electron chi connectivity index (χ3n) is 4.50. The second kappa shape index (κ2) is 8.99. The van der Waals surface area contributed by atoms with Gasteiger partial charge >= 0.3 is 0 Å². The van der Waals surface area contributed by atoms with Crippen LogP contribution in [0, 0.1) is 0 Å². The first-order valence-corrected chi connectivity index (χ1v) is 9.57. The maximum absolute atomic E-state index is 12.1. The van der Waals surface area contributed by atoms with E-state index in [2.05, 4.69) is 31.0 Å². The summed E-state index contributed by atoms with van der Waals surface area (Å²) in [6.45, 7) is 0.876. The fourth-order valence-electron chi connectivity index (χ4n) is 3.00. The maximum atomic E-state index is 12.1. The molecule has 4 rings (SSSR count). The van der Waals surface area contributed by atoms with Gasteiger partial charge in [-0.3, -0.25) is 9.59 Å². The molecule has 0 unspecified atom stereocenters. The lowest BCUT2D eigenvalue weighted by atomic mass is 10.2. The van der Waals surface area contributed by atoms with Gasteiger partial charge in [0.15, 0.2) is 5.82 Å². The molecule has 2 aromatic heterocycles. The highest BCUT2D eigenvalue weighted by molar-refractivity contribution is 5.90. The lowest BCUT2D eigenvalue weighted by molar-refractivity contribution is -0.121. The number of nitrogens with one attached hydrogen (secondary N) is 3. The highest BCUT2D eigenvalue weighted by Crippen LogP contribution is 2.16. The molecule has 0 fully saturated rings. The number of nitrogens with zero attached hydrogens (tertiary/aromatic N) is 3. The minimum Gasteiger partial charge on any atom is -0.366 e. The van der Waals surface area contributed by atoms with Gasteiger partial charge in [-0.25, -0.2) is 5.10 Å². The zero-order valence-electron chi connectivity index (χ0n) is 16.1. The quantitative estimate of drug-likeness (QED) is 0.384. The van der Waals surface area contributed by atoms with Crippen LogP contribution in [-0.2, 0) is 11.2 Å². The van der Waals surface area contributed by atoms with E-state index in [0.717, 1.165) is 10.9 Å². The third kappa shape index (κ3) is 4.52. The van der Waals surface area contributed by atoms with Gasteiger partial charge in [-0.15, -0.1) is 0 Å². The van der Waals surface area contributed by atoms with Crippen LogP contribution in [-0.4, -0.2) is 39.3 Å². The Morgan fingerprint density at radius 1 is 1.00 bits per heavy atom. The van der Waals surface area contributed by atoms with E-state index in [0.29, 0.717) is 42.4 Å². The monoisotopic (exact) mass is 404 g/mol. The van der Waals surface area contributed by atoms with Gasteiger partial charge in [0.1, 0.15) is 0 Å². The number of fused-ring (bicyclic) bond motifs is 1. The van der Waals surface area contributed by atoms with Crippen LogP contribution in [0.3, 0.4) is 0 Å². The molecule has 0 aliphatic heterocycles. The number of amides is 1. The Labute approximate surface area is 171 Å². The summed E-state index contributed by atoms with van der Waals surface area (Å²) < 4.78 is 5.21. The molecule has 9 heteroatoms. The van der Waals surface area contributed by atoms with Crippen LogP contribution in [0.4, 0.5) is 5.82 Å². The van der Waals surface area contributed by atoms with Crippen LogP contribution >= 0.6 is 0 Å². The van der Waals surface area contributed by atoms with Gasteiger partial charge in [0, 0.05) is 36.9 Å². The van der Waals surface area contributed by atoms with Crippen molar-refractivity contribution in [2.24, 2.45) is 0 Å². The van der Waals surface area contributed by atoms with Crippen molar-refractivity contribution >= 4 is 22.5 Å². The molecule has 2 heterocycles. The number of hydrogen-bond donors (Lipinski definition) is 3. The first kappa shape index (κ1) is 19.3. The Bertz CT molecular complexity index is 1200. The molecular formula is C21H20N6O3. The summed E-state index contributed by atoms with van der Waals surface area (Å²) in [4.78, 5) is 28.2. The van der Waals surface area contributed by atoms with Crippen LogP contribution in [0.25, 0.3) is 22.2 Å². The van der Waals surface area contributed by atoms with E-state index in [1.807, 2.05) is 42.5 Å². The molecule has 4 aromatic rings. The highest BCUT2D eigenvalue weighted by atomic mass is 16.5. The molecule has 0 aliphatic rings. The summed E-state index contributed by atoms with van der Waals surface area (Å²) in [6.07, 6.45) is 0.613. The number of carbonyl (C=O) groups excluding carboxylic acids is 1. The SMILES string of the molecule is O=C(CCc1nc(-c2ccccc2)no1)NCCNc1n[nH]c(=O)c2ccccc12. The topological polar surface area (TPSA) is 126 Å². The second-order valence-corrected chi connectivity index (χ2v) is 6.60. The Hall–Kier alpha value is -4.01. The van der Waals surface area contributed by atoms with Gasteiger partial charge in [-0.1, -0.05) is 53.7 Å². The average molecular weight is 404 g/mol. The van der Waals surface area contributed by atoms with Gasteiger partial charge in [0.2, 0.25) is 17.6 Å². The molecule has 30 heavy (non-hydrogen) atoms. The number of rotatable bonds is 8. The van der Waals surface area contributed by atoms with E-state index >= 15 is 0 Å². The lowest BCUT2D eigenvalue weighted by Crippen LogP contribution is -2.29. The Morgan fingerprint density at radius 3 is 2.60 bits per heavy atom. The number of hydrogen-bond acceptors (Lipinski definition) is 7. The van der Waals surface area contributed by atoms with Crippen LogP contribution in [0.2, 0.25) is 0 Å². The third-order valence-corrected chi connectivity index (χ3v) is 4.50. The van der Waals surface area contributed by atoms with Crippen LogP contribution < -0.4 is 16.2 Å². The number of carbonyl (C=O) groups is 1. The molecule has 0 spiro atoms. The number of anilines is 1. The van der Waals surface area contributed by atoms with E-state index in [1.54, 1.807) is 12.1 Å². The van der Waals surface area contributed by atoms with Crippen LogP contribution in [0.15, 0.2) is 63.9 Å². The van der Waals surface area contributed by atoms with Gasteiger partial charge < -0.3 is 15.2 Å². The Morgan fingerprint density at radius 2 is 1.77 bits per heavy atom. The van der Waals surface area contributed by atoms with Crippen LogP contribution in [0.5, 0.6) is 0 Å². The summed E-state index contributed by atoms with van der Waals surface area (Å²) in [5.74, 6) is 1.39. The first-order chi connectivity index (χ1) is 14.7. The van der Waals surface area contributed by atoms with Crippen molar-refractivity contribution in [2.45, 2.75) is 12.8 Å². The molecule has 0 atom stereocenters. The summed E-state index contributed by atoms with van der Waals surface area (Å²) in [6, 6.07) is 16.7. The van der Waals surface area contributed by atoms with E-state index in [4.69, 9.17) is 4.52 Å². The van der Waals surface area contributed by atoms with Gasteiger partial charge in [-0.2, -0.15) is 10.1 Å². The zero-order chi connectivity index (χ0) is 20.8. The summed E-state index contributed by atoms with van der Waals surface area (Å²) >= 11 is 0. The fourth-order valence-corrected chi connectivity index (χ4v) is 3.00. The normalized spacial score (nSPS) is 10.8. The minimum absolute atomic E-state index is 0.115. The molecule has 0 radical (unpaired) electrons. The largest absolute Gasteiger partial charge is 0.366 e. The van der Waals surface area contributed by atoms with Crippen molar-refractivity contribution in [3.05, 3.63) is 70.8 Å². The first-order valence-electron chi connectivity index (χ1n) is 9.57. The number of benzene rings is 2. The van der Waals surface area contributed by atoms with E-state index in [1.165, 1.54) is 0 Å². The highest BCUT2D eigenvalue weighted by Gasteiger charge is 2.10. The second-order valence-electron chi connectivity index (χ2n) is 6.60. The van der Waals surface area contributed by atoms with E-state index in [-0.39, 0.29) is 17.9 Å². The van der Waals surface area contributed by atoms with Crippen molar-refractivity contribution in [3.63, 3.8) is 0 Å². The maximum Gasteiger partial charge on any atom is 0.272 e. The number of aromatic nitrogens is 4. The molecule has 1 amide bonds. The predicted octanol–water partition coefficient (Wildman–Crippen LogP) is 2.13. The average Bonchev–Trinajstić information content (AvgIpc) is 3.27. The molecule has 0 saturated carbocycles. The smallest absolute Gasteiger partial charge is 0.272 e.